The molecule has 1 aromatic heterocycles. The van der Waals surface area contributed by atoms with E-state index in [0.29, 0.717) is 16.0 Å². The average molecular weight is 381 g/mol. The highest BCUT2D eigenvalue weighted by Crippen LogP contribution is 2.23. The summed E-state index contributed by atoms with van der Waals surface area (Å²) in [5.41, 5.74) is 1.22. The molecule has 1 fully saturated rings. The summed E-state index contributed by atoms with van der Waals surface area (Å²) in [6.07, 6.45) is 4.00. The van der Waals surface area contributed by atoms with Gasteiger partial charge in [0.1, 0.15) is 5.82 Å². The lowest BCUT2D eigenvalue weighted by molar-refractivity contribution is 0.124. The van der Waals surface area contributed by atoms with Gasteiger partial charge in [0.2, 0.25) is 0 Å². The molecule has 0 bridgehead atoms. The number of aromatic nitrogens is 2. The minimum Gasteiger partial charge on any atom is -0.333 e. The quantitative estimate of drug-likeness (QED) is 0.752. The molecule has 1 aromatic carbocycles. The first-order chi connectivity index (χ1) is 12.0. The van der Waals surface area contributed by atoms with Crippen molar-refractivity contribution in [2.45, 2.75) is 32.9 Å². The number of imidazole rings is 1. The van der Waals surface area contributed by atoms with Crippen LogP contribution in [0.3, 0.4) is 0 Å². The van der Waals surface area contributed by atoms with Gasteiger partial charge in [0.05, 0.1) is 10.0 Å². The Morgan fingerprint density at radius 1 is 1.00 bits per heavy atom. The van der Waals surface area contributed by atoms with Crippen molar-refractivity contribution in [2.75, 3.05) is 32.7 Å². The Bertz CT molecular complexity index is 690. The Labute approximate surface area is 160 Å². The molecule has 25 heavy (non-hydrogen) atoms. The summed E-state index contributed by atoms with van der Waals surface area (Å²) in [5, 5.41) is 1.26. The van der Waals surface area contributed by atoms with Crippen LogP contribution in [-0.4, -0.2) is 52.1 Å². The number of hydrogen-bond acceptors (Lipinski definition) is 3. The second-order valence-electron chi connectivity index (χ2n) is 7.00. The third kappa shape index (κ3) is 4.98. The van der Waals surface area contributed by atoms with Gasteiger partial charge >= 0.3 is 0 Å². The molecule has 1 aliphatic heterocycles. The third-order valence-electron chi connectivity index (χ3n) is 4.78. The van der Waals surface area contributed by atoms with E-state index in [4.69, 9.17) is 23.2 Å². The van der Waals surface area contributed by atoms with Gasteiger partial charge in [0.25, 0.3) is 0 Å². The first-order valence-corrected chi connectivity index (χ1v) is 9.68. The van der Waals surface area contributed by atoms with E-state index < -0.39 is 0 Å². The molecule has 2 heterocycles. The highest BCUT2D eigenvalue weighted by Gasteiger charge is 2.17. The number of rotatable bonds is 6. The van der Waals surface area contributed by atoms with Gasteiger partial charge in [0, 0.05) is 64.1 Å². The number of hydrogen-bond donors (Lipinski definition) is 0. The summed E-state index contributed by atoms with van der Waals surface area (Å²) >= 11 is 12.1. The van der Waals surface area contributed by atoms with E-state index in [2.05, 4.69) is 45.5 Å². The maximum Gasteiger partial charge on any atom is 0.111 e. The molecule has 0 atom stereocenters. The van der Waals surface area contributed by atoms with Gasteiger partial charge in [-0.1, -0.05) is 43.1 Å². The molecular weight excluding hydrogens is 355 g/mol. The smallest absolute Gasteiger partial charge is 0.111 e. The molecule has 0 aliphatic carbocycles. The summed E-state index contributed by atoms with van der Waals surface area (Å²) in [5.74, 6) is 1.65. The molecule has 0 spiro atoms. The number of halogens is 2. The van der Waals surface area contributed by atoms with Crippen molar-refractivity contribution in [3.8, 4) is 0 Å². The fourth-order valence-electron chi connectivity index (χ4n) is 3.33. The van der Waals surface area contributed by atoms with Crippen LogP contribution in [0.25, 0.3) is 0 Å². The maximum atomic E-state index is 6.11. The van der Waals surface area contributed by atoms with Crippen LogP contribution in [0.1, 0.15) is 31.2 Å². The van der Waals surface area contributed by atoms with E-state index in [1.165, 1.54) is 11.4 Å². The third-order valence-corrected chi connectivity index (χ3v) is 5.52. The van der Waals surface area contributed by atoms with E-state index in [9.17, 15) is 0 Å². The zero-order valence-electron chi connectivity index (χ0n) is 15.0. The molecule has 0 amide bonds. The topological polar surface area (TPSA) is 24.3 Å². The Morgan fingerprint density at radius 3 is 2.40 bits per heavy atom. The van der Waals surface area contributed by atoms with Crippen LogP contribution in [0, 0.1) is 0 Å². The lowest BCUT2D eigenvalue weighted by atomic mass is 10.2. The summed E-state index contributed by atoms with van der Waals surface area (Å²) in [6.45, 7) is 11.8. The minimum atomic E-state index is 0.470. The lowest BCUT2D eigenvalue weighted by Gasteiger charge is -2.35. The molecule has 0 saturated carbocycles. The van der Waals surface area contributed by atoms with E-state index in [1.807, 2.05) is 18.3 Å². The largest absolute Gasteiger partial charge is 0.333 e. The fraction of sp³-hybridized carbons (Fsp3) is 0.526. The number of piperazine rings is 1. The minimum absolute atomic E-state index is 0.470. The number of benzene rings is 1. The predicted octanol–water partition coefficient (Wildman–Crippen LogP) is 4.13. The van der Waals surface area contributed by atoms with Crippen LogP contribution in [0.2, 0.25) is 10.0 Å². The molecule has 0 unspecified atom stereocenters. The van der Waals surface area contributed by atoms with E-state index in [-0.39, 0.29) is 0 Å². The molecule has 1 saturated heterocycles. The molecule has 2 aromatic rings. The van der Waals surface area contributed by atoms with Crippen LogP contribution in [0.5, 0.6) is 0 Å². The molecule has 3 rings (SSSR count). The van der Waals surface area contributed by atoms with Crippen LogP contribution in [-0.2, 0) is 13.1 Å². The van der Waals surface area contributed by atoms with Crippen molar-refractivity contribution in [1.82, 2.24) is 19.4 Å². The van der Waals surface area contributed by atoms with Gasteiger partial charge < -0.3 is 4.57 Å². The van der Waals surface area contributed by atoms with Gasteiger partial charge in [-0.3, -0.25) is 9.80 Å². The SMILES string of the molecule is CC(C)c1nccn1CCN1CCN(Cc2ccc(Cl)c(Cl)c2)CC1. The van der Waals surface area contributed by atoms with Crippen molar-refractivity contribution < 1.29 is 0 Å². The standard InChI is InChI=1S/C19H26Cl2N4/c1-15(2)19-22-5-6-25(19)12-11-23-7-9-24(10-8-23)14-16-3-4-17(20)18(21)13-16/h3-6,13,15H,7-12,14H2,1-2H3. The molecule has 4 nitrogen and oxygen atoms in total. The Balaban J connectivity index is 1.45. The highest BCUT2D eigenvalue weighted by atomic mass is 35.5. The van der Waals surface area contributed by atoms with Crippen LogP contribution in [0.15, 0.2) is 30.6 Å². The first-order valence-electron chi connectivity index (χ1n) is 8.92. The second kappa shape index (κ2) is 8.54. The zero-order valence-corrected chi connectivity index (χ0v) is 16.5. The van der Waals surface area contributed by atoms with Gasteiger partial charge in [-0.2, -0.15) is 0 Å². The van der Waals surface area contributed by atoms with Crippen LogP contribution >= 0.6 is 23.2 Å². The van der Waals surface area contributed by atoms with E-state index in [0.717, 1.165) is 45.8 Å². The molecule has 1 aliphatic rings. The molecule has 6 heteroatoms. The lowest BCUT2D eigenvalue weighted by Crippen LogP contribution is -2.46. The summed E-state index contributed by atoms with van der Waals surface area (Å²) < 4.78 is 2.28. The van der Waals surface area contributed by atoms with Gasteiger partial charge in [-0.25, -0.2) is 4.98 Å². The summed E-state index contributed by atoms with van der Waals surface area (Å²) in [6, 6.07) is 5.92. The second-order valence-corrected chi connectivity index (χ2v) is 7.81. The first kappa shape index (κ1) is 18.7. The van der Waals surface area contributed by atoms with Crippen molar-refractivity contribution in [3.05, 3.63) is 52.0 Å². The Hall–Kier alpha value is -1.07. The predicted molar refractivity (Wildman–Crippen MR) is 104 cm³/mol. The summed E-state index contributed by atoms with van der Waals surface area (Å²) in [4.78, 5) is 9.48. The molecule has 0 N–H and O–H groups in total. The maximum absolute atomic E-state index is 6.11. The zero-order chi connectivity index (χ0) is 17.8. The normalized spacial score (nSPS) is 16.7. The highest BCUT2D eigenvalue weighted by molar-refractivity contribution is 6.42. The van der Waals surface area contributed by atoms with Gasteiger partial charge in [0.15, 0.2) is 0 Å². The Kier molecular flexibility index (Phi) is 6.39. The van der Waals surface area contributed by atoms with Crippen molar-refractivity contribution in [2.24, 2.45) is 0 Å². The van der Waals surface area contributed by atoms with Gasteiger partial charge in [-0.15, -0.1) is 0 Å². The van der Waals surface area contributed by atoms with Crippen molar-refractivity contribution in [3.63, 3.8) is 0 Å². The van der Waals surface area contributed by atoms with Crippen molar-refractivity contribution in [1.29, 1.82) is 0 Å². The molecule has 136 valence electrons. The van der Waals surface area contributed by atoms with Crippen LogP contribution < -0.4 is 0 Å². The van der Waals surface area contributed by atoms with Crippen molar-refractivity contribution >= 4 is 23.2 Å². The van der Waals surface area contributed by atoms with Crippen LogP contribution in [0.4, 0.5) is 0 Å². The number of nitrogens with zero attached hydrogens (tertiary/aromatic N) is 4. The monoisotopic (exact) mass is 380 g/mol. The van der Waals surface area contributed by atoms with E-state index in [1.54, 1.807) is 0 Å². The van der Waals surface area contributed by atoms with Gasteiger partial charge in [-0.05, 0) is 17.7 Å². The molecular formula is C19H26Cl2N4. The fourth-order valence-corrected chi connectivity index (χ4v) is 3.65. The Morgan fingerprint density at radius 2 is 1.72 bits per heavy atom. The summed E-state index contributed by atoms with van der Waals surface area (Å²) in [7, 11) is 0. The van der Waals surface area contributed by atoms with E-state index >= 15 is 0 Å². The average Bonchev–Trinajstić information content (AvgIpc) is 3.06. The molecule has 0 radical (unpaired) electrons.